The fourth-order valence-corrected chi connectivity index (χ4v) is 1.92. The van der Waals surface area contributed by atoms with Crippen LogP contribution in [0.5, 0.6) is 0 Å². The molecule has 1 aliphatic rings. The second-order valence-corrected chi connectivity index (χ2v) is 6.01. The summed E-state index contributed by atoms with van der Waals surface area (Å²) in [6.07, 6.45) is 0.779. The average molecular weight is 299 g/mol. The molecule has 0 unspecified atom stereocenters. The zero-order valence-electron chi connectivity index (χ0n) is 13.0. The molecule has 1 heterocycles. The minimum Gasteiger partial charge on any atom is -0.444 e. The molecule has 120 valence electrons. The Bertz CT molecular complexity index is 390. The summed E-state index contributed by atoms with van der Waals surface area (Å²) in [6, 6.07) is 0. The molecule has 0 bridgehead atoms. The number of ether oxygens (including phenoxy) is 1. The summed E-state index contributed by atoms with van der Waals surface area (Å²) in [5.74, 6) is -0.00520. The Morgan fingerprint density at radius 3 is 2.71 bits per heavy atom. The predicted molar refractivity (Wildman–Crippen MR) is 77.7 cm³/mol. The highest BCUT2D eigenvalue weighted by Crippen LogP contribution is 2.06. The van der Waals surface area contributed by atoms with Crippen LogP contribution in [0.1, 0.15) is 40.0 Å². The zero-order valence-corrected chi connectivity index (χ0v) is 13.0. The van der Waals surface area contributed by atoms with Crippen LogP contribution in [0.2, 0.25) is 0 Å². The molecule has 1 saturated heterocycles. The molecule has 0 aliphatic carbocycles. The van der Waals surface area contributed by atoms with Crippen molar-refractivity contribution in [2.75, 3.05) is 26.2 Å². The Labute approximate surface area is 125 Å². The fourth-order valence-electron chi connectivity index (χ4n) is 1.92. The third kappa shape index (κ3) is 7.53. The van der Waals surface area contributed by atoms with E-state index in [9.17, 15) is 14.4 Å². The molecule has 1 rings (SSSR count). The van der Waals surface area contributed by atoms with Crippen LogP contribution in [0, 0.1) is 0 Å². The third-order valence-corrected chi connectivity index (χ3v) is 2.90. The van der Waals surface area contributed by atoms with E-state index in [1.54, 1.807) is 25.7 Å². The lowest BCUT2D eigenvalue weighted by atomic mass is 10.2. The van der Waals surface area contributed by atoms with Crippen molar-refractivity contribution in [1.29, 1.82) is 0 Å². The summed E-state index contributed by atoms with van der Waals surface area (Å²) in [6.45, 7) is 7.29. The first-order valence-corrected chi connectivity index (χ1v) is 7.29. The van der Waals surface area contributed by atoms with Crippen molar-refractivity contribution in [3.8, 4) is 0 Å². The summed E-state index contributed by atoms with van der Waals surface area (Å²) in [5, 5.41) is 5.35. The van der Waals surface area contributed by atoms with Gasteiger partial charge in [0.15, 0.2) is 0 Å². The first-order valence-electron chi connectivity index (χ1n) is 7.29. The number of nitrogens with zero attached hydrogens (tertiary/aromatic N) is 1. The normalized spacial score (nSPS) is 16.0. The number of carbonyl (C=O) groups is 3. The lowest BCUT2D eigenvalue weighted by Gasteiger charge is -2.20. The van der Waals surface area contributed by atoms with Crippen molar-refractivity contribution in [2.24, 2.45) is 0 Å². The number of hydrogen-bond acceptors (Lipinski definition) is 4. The van der Waals surface area contributed by atoms with Gasteiger partial charge in [0.25, 0.3) is 0 Å². The zero-order chi connectivity index (χ0) is 15.9. The van der Waals surface area contributed by atoms with Gasteiger partial charge < -0.3 is 20.3 Å². The molecule has 0 spiro atoms. The van der Waals surface area contributed by atoms with E-state index in [2.05, 4.69) is 10.6 Å². The number of carbonyl (C=O) groups excluding carboxylic acids is 3. The van der Waals surface area contributed by atoms with Crippen LogP contribution in [-0.2, 0) is 14.3 Å². The minimum atomic E-state index is -0.522. The van der Waals surface area contributed by atoms with Gasteiger partial charge in [-0.1, -0.05) is 0 Å². The van der Waals surface area contributed by atoms with E-state index < -0.39 is 11.7 Å². The molecular weight excluding hydrogens is 274 g/mol. The van der Waals surface area contributed by atoms with Crippen LogP contribution in [-0.4, -0.2) is 54.6 Å². The van der Waals surface area contributed by atoms with Gasteiger partial charge in [-0.15, -0.1) is 0 Å². The van der Waals surface area contributed by atoms with Crippen LogP contribution in [0.3, 0.4) is 0 Å². The van der Waals surface area contributed by atoms with Gasteiger partial charge >= 0.3 is 6.09 Å². The molecule has 2 N–H and O–H groups in total. The second-order valence-electron chi connectivity index (χ2n) is 6.01. The van der Waals surface area contributed by atoms with E-state index in [1.807, 2.05) is 0 Å². The lowest BCUT2D eigenvalue weighted by molar-refractivity contribution is -0.131. The SMILES string of the molecule is CC(C)(C)OC(=O)NCCCC(=O)N1CCNC(=O)CC1. The van der Waals surface area contributed by atoms with Gasteiger partial charge in [0.05, 0.1) is 0 Å². The van der Waals surface area contributed by atoms with E-state index in [1.165, 1.54) is 0 Å². The van der Waals surface area contributed by atoms with Gasteiger partial charge in [-0.3, -0.25) is 9.59 Å². The quantitative estimate of drug-likeness (QED) is 0.746. The molecule has 21 heavy (non-hydrogen) atoms. The fraction of sp³-hybridized carbons (Fsp3) is 0.786. The highest BCUT2D eigenvalue weighted by Gasteiger charge is 2.18. The molecule has 0 saturated carbocycles. The van der Waals surface area contributed by atoms with Crippen molar-refractivity contribution < 1.29 is 19.1 Å². The van der Waals surface area contributed by atoms with Crippen molar-refractivity contribution >= 4 is 17.9 Å². The van der Waals surface area contributed by atoms with Crippen LogP contribution < -0.4 is 10.6 Å². The first-order chi connectivity index (χ1) is 9.78. The maximum Gasteiger partial charge on any atom is 0.407 e. The van der Waals surface area contributed by atoms with Crippen molar-refractivity contribution in [3.05, 3.63) is 0 Å². The van der Waals surface area contributed by atoms with Gasteiger partial charge in [0, 0.05) is 39.0 Å². The van der Waals surface area contributed by atoms with E-state index in [4.69, 9.17) is 4.74 Å². The highest BCUT2D eigenvalue weighted by atomic mass is 16.6. The Hall–Kier alpha value is -1.79. The maximum absolute atomic E-state index is 12.0. The average Bonchev–Trinajstić information content (AvgIpc) is 2.57. The van der Waals surface area contributed by atoms with Gasteiger partial charge in [-0.05, 0) is 27.2 Å². The highest BCUT2D eigenvalue weighted by molar-refractivity contribution is 5.80. The molecule has 0 radical (unpaired) electrons. The van der Waals surface area contributed by atoms with Crippen LogP contribution in [0.15, 0.2) is 0 Å². The summed E-state index contributed by atoms with van der Waals surface area (Å²) in [4.78, 5) is 36.3. The van der Waals surface area contributed by atoms with Gasteiger partial charge in [-0.2, -0.15) is 0 Å². The Morgan fingerprint density at radius 1 is 1.33 bits per heavy atom. The summed E-state index contributed by atoms with van der Waals surface area (Å²) in [7, 11) is 0. The van der Waals surface area contributed by atoms with Gasteiger partial charge in [0.2, 0.25) is 11.8 Å². The predicted octanol–water partition coefficient (Wildman–Crippen LogP) is 0.640. The van der Waals surface area contributed by atoms with Crippen molar-refractivity contribution in [3.63, 3.8) is 0 Å². The molecular formula is C14H25N3O4. The van der Waals surface area contributed by atoms with E-state index in [-0.39, 0.29) is 11.8 Å². The van der Waals surface area contributed by atoms with Crippen LogP contribution in [0.4, 0.5) is 4.79 Å². The van der Waals surface area contributed by atoms with Crippen molar-refractivity contribution in [2.45, 2.75) is 45.6 Å². The van der Waals surface area contributed by atoms with Crippen molar-refractivity contribution in [1.82, 2.24) is 15.5 Å². The molecule has 0 aromatic heterocycles. The maximum atomic E-state index is 12.0. The van der Waals surface area contributed by atoms with E-state index in [0.717, 1.165) is 0 Å². The van der Waals surface area contributed by atoms with E-state index in [0.29, 0.717) is 45.4 Å². The summed E-state index contributed by atoms with van der Waals surface area (Å²) >= 11 is 0. The molecule has 1 fully saturated rings. The summed E-state index contributed by atoms with van der Waals surface area (Å²) in [5.41, 5.74) is -0.522. The molecule has 3 amide bonds. The Kier molecular flexibility index (Phi) is 6.45. The number of rotatable bonds is 4. The van der Waals surface area contributed by atoms with Crippen LogP contribution in [0.25, 0.3) is 0 Å². The molecule has 0 aromatic carbocycles. The molecule has 1 aliphatic heterocycles. The monoisotopic (exact) mass is 299 g/mol. The standard InChI is InChI=1S/C14H25N3O4/c1-14(2,3)21-13(20)16-7-4-5-12(19)17-9-6-11(18)15-8-10-17/h4-10H2,1-3H3,(H,15,18)(H,16,20). The minimum absolute atomic E-state index is 0.0116. The number of amides is 3. The number of hydrogen-bond donors (Lipinski definition) is 2. The topological polar surface area (TPSA) is 87.7 Å². The summed E-state index contributed by atoms with van der Waals surface area (Å²) < 4.78 is 5.10. The third-order valence-electron chi connectivity index (χ3n) is 2.90. The van der Waals surface area contributed by atoms with Gasteiger partial charge in [0.1, 0.15) is 5.60 Å². The number of alkyl carbamates (subject to hydrolysis) is 1. The second kappa shape index (κ2) is 7.85. The molecule has 0 aromatic rings. The first kappa shape index (κ1) is 17.3. The number of nitrogens with one attached hydrogen (secondary N) is 2. The largest absolute Gasteiger partial charge is 0.444 e. The lowest BCUT2D eigenvalue weighted by Crippen LogP contribution is -2.35. The van der Waals surface area contributed by atoms with Gasteiger partial charge in [-0.25, -0.2) is 4.79 Å². The molecule has 7 nitrogen and oxygen atoms in total. The molecule has 0 atom stereocenters. The Morgan fingerprint density at radius 2 is 2.05 bits per heavy atom. The van der Waals surface area contributed by atoms with Crippen LogP contribution >= 0.6 is 0 Å². The Balaban J connectivity index is 2.18. The smallest absolute Gasteiger partial charge is 0.407 e. The molecule has 7 heteroatoms. The van der Waals surface area contributed by atoms with E-state index >= 15 is 0 Å².